The van der Waals surface area contributed by atoms with Crippen LogP contribution in [0.1, 0.15) is 33.5 Å². The molecule has 2 N–H and O–H groups in total. The molecule has 3 aromatic rings. The van der Waals surface area contributed by atoms with Gasteiger partial charge in [0.25, 0.3) is 0 Å². The third kappa shape index (κ3) is 4.84. The smallest absolute Gasteiger partial charge is 0.325 e. The summed E-state index contributed by atoms with van der Waals surface area (Å²) in [5.41, 5.74) is 5.87. The molecule has 2 amide bonds. The van der Waals surface area contributed by atoms with Crippen LogP contribution in [0.4, 0.5) is 16.3 Å². The summed E-state index contributed by atoms with van der Waals surface area (Å²) in [5.74, 6) is 2.64. The quantitative estimate of drug-likeness (QED) is 0.643. The first kappa shape index (κ1) is 20.2. The van der Waals surface area contributed by atoms with Crippen LogP contribution in [0.15, 0.2) is 53.2 Å². The Balaban J connectivity index is 1.77. The largest absolute Gasteiger partial charge is 0.492 e. The summed E-state index contributed by atoms with van der Waals surface area (Å²) in [6, 6.07) is 11.4. The molecule has 0 saturated carbocycles. The number of urea groups is 1. The zero-order chi connectivity index (χ0) is 21.0. The van der Waals surface area contributed by atoms with Gasteiger partial charge >= 0.3 is 6.03 Å². The number of nitrogens with zero attached hydrogens (tertiary/aromatic N) is 3. The van der Waals surface area contributed by atoms with E-state index < -0.39 is 6.03 Å². The highest BCUT2D eigenvalue weighted by Crippen LogP contribution is 2.31. The summed E-state index contributed by atoms with van der Waals surface area (Å²) in [6.07, 6.45) is 1.60. The van der Waals surface area contributed by atoms with E-state index >= 15 is 0 Å². The number of rotatable bonds is 6. The number of aromatic nitrogens is 2. The molecule has 152 valence electrons. The number of hydrogen-bond donors (Lipinski definition) is 1. The van der Waals surface area contributed by atoms with Gasteiger partial charge in [-0.1, -0.05) is 25.9 Å². The van der Waals surface area contributed by atoms with Crippen molar-refractivity contribution in [2.45, 2.75) is 33.1 Å². The Bertz CT molecular complexity index is 960. The van der Waals surface area contributed by atoms with Crippen LogP contribution in [-0.4, -0.2) is 22.8 Å². The van der Waals surface area contributed by atoms with Gasteiger partial charge in [-0.2, -0.15) is 0 Å². The predicted octanol–water partition coefficient (Wildman–Crippen LogP) is 4.77. The zero-order valence-corrected chi connectivity index (χ0v) is 16.9. The Labute approximate surface area is 169 Å². The second kappa shape index (κ2) is 8.22. The number of carbonyl (C=O) groups excluding carboxylic acids is 1. The minimum Gasteiger partial charge on any atom is -0.492 e. The molecule has 0 aliphatic carbocycles. The first-order valence-corrected chi connectivity index (χ1v) is 9.21. The second-order valence-electron chi connectivity index (χ2n) is 7.33. The molecule has 0 saturated heterocycles. The fraction of sp³-hybridized carbons (Fsp3) is 0.286. The van der Waals surface area contributed by atoms with Gasteiger partial charge in [0.2, 0.25) is 5.88 Å². The highest BCUT2D eigenvalue weighted by Gasteiger charge is 2.24. The van der Waals surface area contributed by atoms with Gasteiger partial charge in [-0.25, -0.2) is 14.7 Å². The lowest BCUT2D eigenvalue weighted by Crippen LogP contribution is -2.31. The Hall–Kier alpha value is -3.55. The third-order valence-corrected chi connectivity index (χ3v) is 4.02. The topological polar surface area (TPSA) is 104 Å². The first-order chi connectivity index (χ1) is 13.8. The lowest BCUT2D eigenvalue weighted by atomic mass is 9.93. The summed E-state index contributed by atoms with van der Waals surface area (Å²) in [7, 11) is 0. The van der Waals surface area contributed by atoms with Crippen molar-refractivity contribution in [3.63, 3.8) is 0 Å². The zero-order valence-electron chi connectivity index (χ0n) is 16.9. The van der Waals surface area contributed by atoms with Crippen LogP contribution < -0.4 is 20.1 Å². The molecule has 0 unspecified atom stereocenters. The average molecular weight is 396 g/mol. The minimum atomic E-state index is -0.666. The molecule has 8 nitrogen and oxygen atoms in total. The van der Waals surface area contributed by atoms with Crippen LogP contribution in [0, 0.1) is 0 Å². The summed E-state index contributed by atoms with van der Waals surface area (Å²) in [6.45, 7) is 8.46. The number of carbonyl (C=O) groups is 1. The fourth-order valence-electron chi connectivity index (χ4n) is 2.56. The van der Waals surface area contributed by atoms with Gasteiger partial charge < -0.3 is 19.7 Å². The number of amides is 2. The van der Waals surface area contributed by atoms with Crippen molar-refractivity contribution in [1.82, 2.24) is 10.1 Å². The Morgan fingerprint density at radius 1 is 1.14 bits per heavy atom. The molecule has 0 spiro atoms. The van der Waals surface area contributed by atoms with Crippen LogP contribution >= 0.6 is 0 Å². The maximum absolute atomic E-state index is 12.0. The maximum Gasteiger partial charge on any atom is 0.325 e. The van der Waals surface area contributed by atoms with E-state index in [2.05, 4.69) is 10.1 Å². The normalized spacial score (nSPS) is 11.2. The van der Waals surface area contributed by atoms with Crippen molar-refractivity contribution >= 4 is 17.5 Å². The van der Waals surface area contributed by atoms with Crippen molar-refractivity contribution in [2.24, 2.45) is 5.73 Å². The maximum atomic E-state index is 12.0. The van der Waals surface area contributed by atoms with Gasteiger partial charge in [0.05, 0.1) is 18.5 Å². The van der Waals surface area contributed by atoms with Gasteiger partial charge in [0.15, 0.2) is 5.82 Å². The van der Waals surface area contributed by atoms with Gasteiger partial charge in [0, 0.05) is 17.5 Å². The van der Waals surface area contributed by atoms with Crippen LogP contribution in [0.3, 0.4) is 0 Å². The third-order valence-electron chi connectivity index (χ3n) is 4.02. The number of primary amides is 1. The van der Waals surface area contributed by atoms with E-state index in [4.69, 9.17) is 19.7 Å². The van der Waals surface area contributed by atoms with Gasteiger partial charge in [-0.15, -0.1) is 0 Å². The first-order valence-electron chi connectivity index (χ1n) is 9.21. The molecule has 2 heterocycles. The number of nitrogens with two attached hydrogens (primary N) is 1. The van der Waals surface area contributed by atoms with Crippen molar-refractivity contribution in [3.8, 4) is 17.4 Å². The van der Waals surface area contributed by atoms with Crippen LogP contribution in [0.2, 0.25) is 0 Å². The molecule has 1 aromatic carbocycles. The highest BCUT2D eigenvalue weighted by molar-refractivity contribution is 5.97. The molecule has 0 fully saturated rings. The van der Waals surface area contributed by atoms with Crippen molar-refractivity contribution in [3.05, 3.63) is 54.4 Å². The standard InChI is InChI=1S/C21H24N4O4/c1-5-27-16-10-11-19(23-13-16)28-15-8-6-14(7-9-15)25(20(22)26)18-12-17(29-24-18)21(2,3)4/h6-13H,5H2,1-4H3,(H2,22,26). The van der Waals surface area contributed by atoms with E-state index in [1.165, 1.54) is 4.90 Å². The van der Waals surface area contributed by atoms with E-state index in [-0.39, 0.29) is 5.41 Å². The lowest BCUT2D eigenvalue weighted by molar-refractivity contribution is 0.255. The van der Waals surface area contributed by atoms with E-state index in [1.807, 2.05) is 27.7 Å². The molecule has 2 aromatic heterocycles. The molecule has 0 aliphatic rings. The predicted molar refractivity (Wildman–Crippen MR) is 109 cm³/mol. The van der Waals surface area contributed by atoms with Crippen LogP contribution in [0.25, 0.3) is 0 Å². The van der Waals surface area contributed by atoms with E-state index in [0.29, 0.717) is 41.3 Å². The molecule has 8 heteroatoms. The Morgan fingerprint density at radius 2 is 1.83 bits per heavy atom. The number of pyridine rings is 1. The lowest BCUT2D eigenvalue weighted by Gasteiger charge is -2.17. The summed E-state index contributed by atoms with van der Waals surface area (Å²) < 4.78 is 16.5. The minimum absolute atomic E-state index is 0.239. The van der Waals surface area contributed by atoms with Crippen LogP contribution in [0.5, 0.6) is 17.4 Å². The molecule has 0 aliphatic heterocycles. The van der Waals surface area contributed by atoms with Gasteiger partial charge in [-0.05, 0) is 37.3 Å². The number of benzene rings is 1. The van der Waals surface area contributed by atoms with Gasteiger partial charge in [-0.3, -0.25) is 0 Å². The number of ether oxygens (including phenoxy) is 2. The molecule has 0 atom stereocenters. The fourth-order valence-corrected chi connectivity index (χ4v) is 2.56. The molecular weight excluding hydrogens is 372 g/mol. The highest BCUT2D eigenvalue weighted by atomic mass is 16.5. The summed E-state index contributed by atoms with van der Waals surface area (Å²) >= 11 is 0. The summed E-state index contributed by atoms with van der Waals surface area (Å²) in [5, 5.41) is 3.99. The summed E-state index contributed by atoms with van der Waals surface area (Å²) in [4.78, 5) is 17.5. The molecule has 0 radical (unpaired) electrons. The SMILES string of the molecule is CCOc1ccc(Oc2ccc(N(C(N)=O)c3cc(C(C)(C)C)on3)cc2)nc1. The average Bonchev–Trinajstić information content (AvgIpc) is 3.15. The van der Waals surface area contributed by atoms with Crippen molar-refractivity contribution < 1.29 is 18.8 Å². The van der Waals surface area contributed by atoms with Gasteiger partial charge in [0.1, 0.15) is 17.3 Å². The van der Waals surface area contributed by atoms with Crippen LogP contribution in [-0.2, 0) is 5.41 Å². The Morgan fingerprint density at radius 3 is 2.34 bits per heavy atom. The van der Waals surface area contributed by atoms with Crippen molar-refractivity contribution in [2.75, 3.05) is 11.5 Å². The van der Waals surface area contributed by atoms with E-state index in [9.17, 15) is 4.79 Å². The molecular formula is C21H24N4O4. The van der Waals surface area contributed by atoms with Crippen molar-refractivity contribution in [1.29, 1.82) is 0 Å². The monoisotopic (exact) mass is 396 g/mol. The Kier molecular flexibility index (Phi) is 5.72. The number of anilines is 2. The number of hydrogen-bond acceptors (Lipinski definition) is 6. The molecule has 0 bridgehead atoms. The molecule has 3 rings (SSSR count). The van der Waals surface area contributed by atoms with E-state index in [0.717, 1.165) is 0 Å². The second-order valence-corrected chi connectivity index (χ2v) is 7.33. The van der Waals surface area contributed by atoms with E-state index in [1.54, 1.807) is 48.7 Å². The molecule has 29 heavy (non-hydrogen) atoms.